The van der Waals surface area contributed by atoms with Gasteiger partial charge in [-0.05, 0) is 36.4 Å². The van der Waals surface area contributed by atoms with E-state index in [0.29, 0.717) is 31.7 Å². The summed E-state index contributed by atoms with van der Waals surface area (Å²) in [5, 5.41) is 2.92. The molecule has 196 valence electrons. The van der Waals surface area contributed by atoms with Gasteiger partial charge in [0.15, 0.2) is 0 Å². The molecule has 1 unspecified atom stereocenters. The van der Waals surface area contributed by atoms with Gasteiger partial charge in [-0.3, -0.25) is 4.79 Å². The molecule has 2 aliphatic heterocycles. The van der Waals surface area contributed by atoms with Gasteiger partial charge < -0.3 is 20.9 Å². The first-order chi connectivity index (χ1) is 17.0. The van der Waals surface area contributed by atoms with E-state index in [1.54, 1.807) is 21.9 Å². The topological polar surface area (TPSA) is 112 Å². The lowest BCUT2D eigenvalue weighted by molar-refractivity contribution is -0.137. The Morgan fingerprint density at radius 1 is 1.11 bits per heavy atom. The first-order valence-corrected chi connectivity index (χ1v) is 13.1. The van der Waals surface area contributed by atoms with Crippen molar-refractivity contribution < 1.29 is 26.4 Å². The number of piperazine rings is 1. The molecule has 1 aromatic heterocycles. The summed E-state index contributed by atoms with van der Waals surface area (Å²) in [4.78, 5) is 19.6. The Morgan fingerprint density at radius 2 is 1.78 bits per heavy atom. The fourth-order valence-electron chi connectivity index (χ4n) is 4.29. The largest absolute Gasteiger partial charge is 0.416 e. The normalized spacial score (nSPS) is 19.8. The number of aromatic nitrogens is 1. The van der Waals surface area contributed by atoms with Gasteiger partial charge in [0.2, 0.25) is 15.9 Å². The Kier molecular flexibility index (Phi) is 7.76. The molecule has 0 bridgehead atoms. The zero-order valence-corrected chi connectivity index (χ0v) is 20.8. The molecule has 3 heterocycles. The van der Waals surface area contributed by atoms with Crippen LogP contribution in [0.25, 0.3) is 0 Å². The van der Waals surface area contributed by atoms with E-state index in [2.05, 4.69) is 10.3 Å². The van der Waals surface area contributed by atoms with Crippen LogP contribution in [-0.2, 0) is 21.0 Å². The van der Waals surface area contributed by atoms with Crippen LogP contribution in [0.2, 0.25) is 5.15 Å². The van der Waals surface area contributed by atoms with E-state index < -0.39 is 21.8 Å². The third kappa shape index (κ3) is 5.75. The molecule has 0 radical (unpaired) electrons. The van der Waals surface area contributed by atoms with Gasteiger partial charge >= 0.3 is 6.18 Å². The van der Waals surface area contributed by atoms with Crippen LogP contribution in [-0.4, -0.2) is 75.5 Å². The fourth-order valence-corrected chi connectivity index (χ4v) is 5.92. The monoisotopic (exact) mass is 546 g/mol. The summed E-state index contributed by atoms with van der Waals surface area (Å²) >= 11 is 5.78. The third-order valence-corrected chi connectivity index (χ3v) is 8.27. The number of rotatable bonds is 7. The summed E-state index contributed by atoms with van der Waals surface area (Å²) in [5.74, 6) is -0.00896. The van der Waals surface area contributed by atoms with Crippen LogP contribution in [0.5, 0.6) is 0 Å². The molecule has 1 aromatic carbocycles. The van der Waals surface area contributed by atoms with Gasteiger partial charge in [0, 0.05) is 64.0 Å². The summed E-state index contributed by atoms with van der Waals surface area (Å²) in [6.45, 7) is 1.99. The number of nitrogens with zero attached hydrogens (tertiary/aromatic N) is 4. The molecule has 0 spiro atoms. The quantitative estimate of drug-likeness (QED) is 0.510. The van der Waals surface area contributed by atoms with Gasteiger partial charge in [-0.15, -0.1) is 0 Å². The Hall–Kier alpha value is -2.45. The number of amides is 1. The summed E-state index contributed by atoms with van der Waals surface area (Å²) in [7, 11) is -3.83. The van der Waals surface area contributed by atoms with Crippen LogP contribution in [0.3, 0.4) is 0 Å². The average molecular weight is 547 g/mol. The molecule has 4 rings (SSSR count). The minimum Gasteiger partial charge on any atom is -0.354 e. The Bertz CT molecular complexity index is 1200. The minimum atomic E-state index is -4.57. The molecule has 0 saturated carbocycles. The van der Waals surface area contributed by atoms with Gasteiger partial charge in [-0.2, -0.15) is 17.5 Å². The van der Waals surface area contributed by atoms with Crippen LogP contribution in [0.15, 0.2) is 41.3 Å². The van der Waals surface area contributed by atoms with Crippen molar-refractivity contribution in [1.82, 2.24) is 14.6 Å². The molecule has 1 atom stereocenters. The van der Waals surface area contributed by atoms with E-state index in [1.165, 1.54) is 16.4 Å². The molecule has 14 heteroatoms. The van der Waals surface area contributed by atoms with Crippen LogP contribution >= 0.6 is 11.6 Å². The molecule has 3 N–H and O–H groups in total. The first-order valence-electron chi connectivity index (χ1n) is 11.3. The number of nitrogens with one attached hydrogen (secondary N) is 1. The highest BCUT2D eigenvalue weighted by Gasteiger charge is 2.34. The number of halogens is 4. The number of pyridine rings is 1. The summed E-state index contributed by atoms with van der Waals surface area (Å²) < 4.78 is 66.9. The van der Waals surface area contributed by atoms with Crippen molar-refractivity contribution in [2.75, 3.05) is 55.6 Å². The fraction of sp³-hybridized carbons (Fsp3) is 0.455. The van der Waals surface area contributed by atoms with Crippen molar-refractivity contribution >= 4 is 39.0 Å². The van der Waals surface area contributed by atoms with Crippen molar-refractivity contribution in [3.8, 4) is 0 Å². The molecule has 2 aromatic rings. The second kappa shape index (κ2) is 10.5. The van der Waals surface area contributed by atoms with Gasteiger partial charge in [-0.1, -0.05) is 11.6 Å². The lowest BCUT2D eigenvalue weighted by Crippen LogP contribution is -2.49. The lowest BCUT2D eigenvalue weighted by Gasteiger charge is -2.35. The van der Waals surface area contributed by atoms with Crippen LogP contribution in [0, 0.1) is 0 Å². The molecular weight excluding hydrogens is 521 g/mol. The number of anilines is 2. The van der Waals surface area contributed by atoms with E-state index in [4.69, 9.17) is 17.3 Å². The van der Waals surface area contributed by atoms with Crippen molar-refractivity contribution in [2.24, 2.45) is 5.73 Å². The van der Waals surface area contributed by atoms with Crippen LogP contribution < -0.4 is 20.9 Å². The van der Waals surface area contributed by atoms with Gasteiger partial charge in [-0.25, -0.2) is 13.4 Å². The molecule has 0 aliphatic carbocycles. The second-order valence-corrected chi connectivity index (χ2v) is 10.9. The minimum absolute atomic E-state index is 0.0121. The Morgan fingerprint density at radius 3 is 2.39 bits per heavy atom. The number of hydrogen-bond acceptors (Lipinski definition) is 7. The van der Waals surface area contributed by atoms with Crippen molar-refractivity contribution in [3.05, 3.63) is 47.1 Å². The highest BCUT2D eigenvalue weighted by molar-refractivity contribution is 7.89. The smallest absolute Gasteiger partial charge is 0.354 e. The van der Waals surface area contributed by atoms with Crippen LogP contribution in [0.4, 0.5) is 24.7 Å². The number of carbonyl (C=O) groups excluding carboxylic acids is 1. The first kappa shape index (κ1) is 26.6. The average Bonchev–Trinajstić information content (AvgIpc) is 3.22. The Labute approximate surface area is 212 Å². The molecule has 2 saturated heterocycles. The van der Waals surface area contributed by atoms with E-state index in [-0.39, 0.29) is 54.0 Å². The highest BCUT2D eigenvalue weighted by Crippen LogP contribution is 2.33. The number of nitrogens with two attached hydrogens (primary N) is 1. The van der Waals surface area contributed by atoms with Crippen molar-refractivity contribution in [3.63, 3.8) is 0 Å². The number of benzene rings is 1. The van der Waals surface area contributed by atoms with Gasteiger partial charge in [0.05, 0.1) is 10.5 Å². The van der Waals surface area contributed by atoms with E-state index >= 15 is 0 Å². The SMILES string of the molecule is NCCNC1CC(=O)N(c2ccc(S(=O)(=O)N3CCN(c4cc(C(F)(F)F)cc(Cl)n4)CC3)cc2)C1. The maximum atomic E-state index is 13.2. The van der Waals surface area contributed by atoms with E-state index in [1.807, 2.05) is 0 Å². The molecule has 36 heavy (non-hydrogen) atoms. The summed E-state index contributed by atoms with van der Waals surface area (Å²) in [5.41, 5.74) is 5.19. The maximum Gasteiger partial charge on any atom is 0.416 e. The highest BCUT2D eigenvalue weighted by atomic mass is 35.5. The molecule has 2 aliphatic rings. The zero-order valence-electron chi connectivity index (χ0n) is 19.2. The number of sulfonamides is 1. The molecule has 2 fully saturated rings. The predicted molar refractivity (Wildman–Crippen MR) is 129 cm³/mol. The Balaban J connectivity index is 1.41. The molecular formula is C22H26ClF3N6O3S. The molecule has 9 nitrogen and oxygen atoms in total. The standard InChI is InChI=1S/C22H26ClF3N6O3S/c23-19-11-15(22(24,25)26)12-20(29-19)30-7-9-31(10-8-30)36(34,35)18-3-1-17(2-4-18)32-14-16(13-21(32)33)28-6-5-27/h1-4,11-12,16,28H,5-10,13-14,27H2. The second-order valence-electron chi connectivity index (χ2n) is 8.57. The molecule has 1 amide bonds. The van der Waals surface area contributed by atoms with Crippen molar-refractivity contribution in [2.45, 2.75) is 23.5 Å². The zero-order chi connectivity index (χ0) is 26.1. The summed E-state index contributed by atoms with van der Waals surface area (Å²) in [6.07, 6.45) is -4.23. The third-order valence-electron chi connectivity index (χ3n) is 6.16. The number of hydrogen-bond donors (Lipinski definition) is 2. The van der Waals surface area contributed by atoms with Crippen molar-refractivity contribution in [1.29, 1.82) is 0 Å². The summed E-state index contributed by atoms with van der Waals surface area (Å²) in [6, 6.07) is 7.76. The number of alkyl halides is 3. The lowest BCUT2D eigenvalue weighted by atomic mass is 10.2. The maximum absolute atomic E-state index is 13.2. The van der Waals surface area contributed by atoms with Gasteiger partial charge in [0.1, 0.15) is 11.0 Å². The van der Waals surface area contributed by atoms with E-state index in [0.717, 1.165) is 12.1 Å². The van der Waals surface area contributed by atoms with E-state index in [9.17, 15) is 26.4 Å². The van der Waals surface area contributed by atoms with Gasteiger partial charge in [0.25, 0.3) is 0 Å². The predicted octanol–water partition coefficient (Wildman–Crippen LogP) is 1.92. The number of carbonyl (C=O) groups is 1. The van der Waals surface area contributed by atoms with Crippen LogP contribution in [0.1, 0.15) is 12.0 Å².